The molecule has 3 N–H and O–H groups in total. The third kappa shape index (κ3) is 4.43. The number of anilines is 1. The minimum absolute atomic E-state index is 0.0617. The van der Waals surface area contributed by atoms with E-state index < -0.39 is 6.04 Å². The van der Waals surface area contributed by atoms with E-state index in [0.29, 0.717) is 5.69 Å². The molecule has 100 valence electrons. The molecule has 0 aliphatic carbocycles. The minimum atomic E-state index is -0.673. The summed E-state index contributed by atoms with van der Waals surface area (Å²) in [6.45, 7) is 7.76. The van der Waals surface area contributed by atoms with Gasteiger partial charge in [0.1, 0.15) is 6.04 Å². The fourth-order valence-electron chi connectivity index (χ4n) is 1.42. The lowest BCUT2D eigenvalue weighted by Crippen LogP contribution is -2.40. The molecule has 0 aliphatic heterocycles. The van der Waals surface area contributed by atoms with Gasteiger partial charge in [-0.15, -0.1) is 0 Å². The Kier molecular flexibility index (Phi) is 5.25. The standard InChI is InChI=1S/C13H21N3O2/c1-8(2)18-7-11(14)13(17)16-12-6-5-9(3)15-10(12)4/h5-6,8,11H,7,14H2,1-4H3,(H,16,17)/t11-/m0/s1. The van der Waals surface area contributed by atoms with Gasteiger partial charge in [0.2, 0.25) is 5.91 Å². The molecule has 1 heterocycles. The molecule has 1 atom stereocenters. The second-order valence-corrected chi connectivity index (χ2v) is 4.56. The second kappa shape index (κ2) is 6.47. The lowest BCUT2D eigenvalue weighted by molar-refractivity contribution is -0.119. The van der Waals surface area contributed by atoms with Gasteiger partial charge < -0.3 is 15.8 Å². The first kappa shape index (κ1) is 14.6. The van der Waals surface area contributed by atoms with Crippen molar-refractivity contribution in [3.8, 4) is 0 Å². The summed E-state index contributed by atoms with van der Waals surface area (Å²) in [6, 6.07) is 3.00. The number of aryl methyl sites for hydroxylation is 2. The second-order valence-electron chi connectivity index (χ2n) is 4.56. The Balaban J connectivity index is 2.58. The van der Waals surface area contributed by atoms with E-state index in [2.05, 4.69) is 10.3 Å². The minimum Gasteiger partial charge on any atom is -0.377 e. The Labute approximate surface area is 108 Å². The highest BCUT2D eigenvalue weighted by Crippen LogP contribution is 2.12. The fraction of sp³-hybridized carbons (Fsp3) is 0.538. The van der Waals surface area contributed by atoms with Gasteiger partial charge >= 0.3 is 0 Å². The number of hydrogen-bond donors (Lipinski definition) is 2. The molecule has 18 heavy (non-hydrogen) atoms. The zero-order valence-electron chi connectivity index (χ0n) is 11.4. The van der Waals surface area contributed by atoms with E-state index in [0.717, 1.165) is 11.4 Å². The lowest BCUT2D eigenvalue weighted by Gasteiger charge is -2.15. The van der Waals surface area contributed by atoms with Gasteiger partial charge in [-0.1, -0.05) is 0 Å². The first-order valence-corrected chi connectivity index (χ1v) is 6.02. The van der Waals surface area contributed by atoms with Crippen LogP contribution in [0.25, 0.3) is 0 Å². The van der Waals surface area contributed by atoms with E-state index in [4.69, 9.17) is 10.5 Å². The third-order valence-electron chi connectivity index (χ3n) is 2.43. The zero-order valence-corrected chi connectivity index (χ0v) is 11.4. The third-order valence-corrected chi connectivity index (χ3v) is 2.43. The van der Waals surface area contributed by atoms with Crippen LogP contribution >= 0.6 is 0 Å². The van der Waals surface area contributed by atoms with E-state index in [-0.39, 0.29) is 18.6 Å². The molecule has 0 saturated heterocycles. The largest absolute Gasteiger partial charge is 0.377 e. The molecule has 0 aromatic carbocycles. The zero-order chi connectivity index (χ0) is 13.7. The van der Waals surface area contributed by atoms with Crippen molar-refractivity contribution >= 4 is 11.6 Å². The van der Waals surface area contributed by atoms with Gasteiger partial charge in [-0.2, -0.15) is 0 Å². The molecule has 1 aromatic heterocycles. The Hall–Kier alpha value is -1.46. The Morgan fingerprint density at radius 1 is 1.44 bits per heavy atom. The monoisotopic (exact) mass is 251 g/mol. The van der Waals surface area contributed by atoms with Crippen LogP contribution in [0.4, 0.5) is 5.69 Å². The summed E-state index contributed by atoms with van der Waals surface area (Å²) in [5.74, 6) is -0.260. The van der Waals surface area contributed by atoms with Crippen LogP contribution in [0.2, 0.25) is 0 Å². The number of amides is 1. The van der Waals surface area contributed by atoms with E-state index in [1.165, 1.54) is 0 Å². The number of aromatic nitrogens is 1. The maximum atomic E-state index is 11.8. The molecular weight excluding hydrogens is 230 g/mol. The normalized spacial score (nSPS) is 12.6. The molecule has 0 spiro atoms. The average Bonchev–Trinajstić information content (AvgIpc) is 2.29. The van der Waals surface area contributed by atoms with E-state index >= 15 is 0 Å². The molecule has 5 heteroatoms. The van der Waals surface area contributed by atoms with Gasteiger partial charge in [0.25, 0.3) is 0 Å². The molecule has 5 nitrogen and oxygen atoms in total. The van der Waals surface area contributed by atoms with Crippen molar-refractivity contribution in [3.63, 3.8) is 0 Å². The Morgan fingerprint density at radius 2 is 2.11 bits per heavy atom. The van der Waals surface area contributed by atoms with Crippen molar-refractivity contribution in [1.29, 1.82) is 0 Å². The summed E-state index contributed by atoms with van der Waals surface area (Å²) < 4.78 is 5.31. The lowest BCUT2D eigenvalue weighted by atomic mass is 10.2. The molecule has 0 fully saturated rings. The number of hydrogen-bond acceptors (Lipinski definition) is 4. The molecule has 0 bridgehead atoms. The first-order chi connectivity index (χ1) is 8.40. The summed E-state index contributed by atoms with van der Waals surface area (Å²) in [4.78, 5) is 16.1. The quantitative estimate of drug-likeness (QED) is 0.829. The molecule has 0 saturated carbocycles. The number of nitrogens with one attached hydrogen (secondary N) is 1. The first-order valence-electron chi connectivity index (χ1n) is 6.02. The van der Waals surface area contributed by atoms with Crippen LogP contribution in [0, 0.1) is 13.8 Å². The number of nitrogens with two attached hydrogens (primary N) is 1. The molecule has 1 rings (SSSR count). The number of nitrogens with zero attached hydrogens (tertiary/aromatic N) is 1. The van der Waals surface area contributed by atoms with Gasteiger partial charge in [-0.05, 0) is 39.8 Å². The van der Waals surface area contributed by atoms with Gasteiger partial charge in [0.15, 0.2) is 0 Å². The predicted molar refractivity (Wildman–Crippen MR) is 71.4 cm³/mol. The SMILES string of the molecule is Cc1ccc(NC(=O)[C@@H](N)COC(C)C)c(C)n1. The molecule has 0 aliphatic rings. The van der Waals surface area contributed by atoms with Gasteiger partial charge in [-0.25, -0.2) is 0 Å². The molecule has 0 unspecified atom stereocenters. The Bertz CT molecular complexity index is 419. The van der Waals surface area contributed by atoms with E-state index in [9.17, 15) is 4.79 Å². The van der Waals surface area contributed by atoms with Crippen LogP contribution in [0.1, 0.15) is 25.2 Å². The van der Waals surface area contributed by atoms with Gasteiger partial charge in [0.05, 0.1) is 24.1 Å². The molecule has 0 radical (unpaired) electrons. The number of ether oxygens (including phenoxy) is 1. The summed E-state index contributed by atoms with van der Waals surface area (Å²) in [7, 11) is 0. The van der Waals surface area contributed by atoms with Crippen molar-refractivity contribution < 1.29 is 9.53 Å². The van der Waals surface area contributed by atoms with E-state index in [1.807, 2.05) is 39.8 Å². The van der Waals surface area contributed by atoms with Crippen molar-refractivity contribution in [2.75, 3.05) is 11.9 Å². The summed E-state index contributed by atoms with van der Waals surface area (Å²) in [6.07, 6.45) is 0.0617. The fourth-order valence-corrected chi connectivity index (χ4v) is 1.42. The van der Waals surface area contributed by atoms with Crippen LogP contribution < -0.4 is 11.1 Å². The smallest absolute Gasteiger partial charge is 0.243 e. The van der Waals surface area contributed by atoms with E-state index in [1.54, 1.807) is 0 Å². The maximum Gasteiger partial charge on any atom is 0.243 e. The van der Waals surface area contributed by atoms with Crippen LogP contribution in [0.3, 0.4) is 0 Å². The van der Waals surface area contributed by atoms with Crippen molar-refractivity contribution in [3.05, 3.63) is 23.5 Å². The van der Waals surface area contributed by atoms with Crippen LogP contribution in [0.5, 0.6) is 0 Å². The topological polar surface area (TPSA) is 77.2 Å². The highest BCUT2D eigenvalue weighted by atomic mass is 16.5. The molecule has 1 amide bonds. The van der Waals surface area contributed by atoms with Gasteiger partial charge in [0, 0.05) is 5.69 Å². The number of rotatable bonds is 5. The summed E-state index contributed by atoms with van der Waals surface area (Å²) in [5.41, 5.74) is 8.11. The van der Waals surface area contributed by atoms with Crippen molar-refractivity contribution in [2.45, 2.75) is 39.8 Å². The number of carbonyl (C=O) groups excluding carboxylic acids is 1. The summed E-state index contributed by atoms with van der Waals surface area (Å²) >= 11 is 0. The Morgan fingerprint density at radius 3 is 2.67 bits per heavy atom. The van der Waals surface area contributed by atoms with Crippen molar-refractivity contribution in [1.82, 2.24) is 4.98 Å². The number of carbonyl (C=O) groups is 1. The van der Waals surface area contributed by atoms with Gasteiger partial charge in [-0.3, -0.25) is 9.78 Å². The average molecular weight is 251 g/mol. The van der Waals surface area contributed by atoms with Crippen molar-refractivity contribution in [2.24, 2.45) is 5.73 Å². The maximum absolute atomic E-state index is 11.8. The molecule has 1 aromatic rings. The predicted octanol–water partition coefficient (Wildman–Crippen LogP) is 1.39. The van der Waals surface area contributed by atoms with Crippen LogP contribution in [-0.2, 0) is 9.53 Å². The molecular formula is C13H21N3O2. The van der Waals surface area contributed by atoms with Crippen LogP contribution in [-0.4, -0.2) is 29.6 Å². The highest BCUT2D eigenvalue weighted by molar-refractivity contribution is 5.95. The number of pyridine rings is 1. The highest BCUT2D eigenvalue weighted by Gasteiger charge is 2.15. The van der Waals surface area contributed by atoms with Crippen LogP contribution in [0.15, 0.2) is 12.1 Å². The summed E-state index contributed by atoms with van der Waals surface area (Å²) in [5, 5.41) is 2.75.